The zero-order chi connectivity index (χ0) is 10.5. The van der Waals surface area contributed by atoms with E-state index < -0.39 is 0 Å². The third-order valence-electron chi connectivity index (χ3n) is 2.68. The molecule has 80 valence electrons. The Hall–Kier alpha value is -1.03. The Bertz CT molecular complexity index is 357. The number of hydrogen-bond donors (Lipinski definition) is 0. The molecular formula is C11H14N2OS. The minimum absolute atomic E-state index is 0.0747. The molecule has 0 aliphatic heterocycles. The Morgan fingerprint density at radius 1 is 1.27 bits per heavy atom. The van der Waals surface area contributed by atoms with Crippen molar-refractivity contribution in [3.63, 3.8) is 0 Å². The molecule has 0 N–H and O–H groups in total. The molecule has 1 aromatic heterocycles. The Balaban J connectivity index is 2.11. The zero-order valence-electron chi connectivity index (χ0n) is 8.61. The summed E-state index contributed by atoms with van der Waals surface area (Å²) in [5.74, 6) is 0.0747. The van der Waals surface area contributed by atoms with Gasteiger partial charge in [0.25, 0.3) is 0 Å². The summed E-state index contributed by atoms with van der Waals surface area (Å²) < 4.78 is 3.72. The van der Waals surface area contributed by atoms with Gasteiger partial charge in [0.1, 0.15) is 5.69 Å². The second-order valence-corrected chi connectivity index (χ2v) is 4.41. The van der Waals surface area contributed by atoms with Crippen molar-refractivity contribution in [2.24, 2.45) is 0 Å². The molecule has 0 amide bonds. The average Bonchev–Trinajstić information content (AvgIpc) is 2.68. The fraction of sp³-hybridized carbons (Fsp3) is 0.545. The van der Waals surface area contributed by atoms with Gasteiger partial charge in [-0.25, -0.2) is 0 Å². The lowest BCUT2D eigenvalue weighted by Gasteiger charge is -2.08. The van der Waals surface area contributed by atoms with E-state index >= 15 is 0 Å². The van der Waals surface area contributed by atoms with Crippen molar-refractivity contribution in [2.45, 2.75) is 38.5 Å². The number of aromatic nitrogens is 2. The molecule has 2 rings (SSSR count). The fourth-order valence-corrected chi connectivity index (χ4v) is 2.26. The van der Waals surface area contributed by atoms with Gasteiger partial charge in [-0.1, -0.05) is 23.4 Å². The second kappa shape index (κ2) is 5.16. The van der Waals surface area contributed by atoms with E-state index in [2.05, 4.69) is 15.7 Å². The molecule has 3 nitrogen and oxygen atoms in total. The van der Waals surface area contributed by atoms with Crippen LogP contribution in [-0.2, 0) is 0 Å². The van der Waals surface area contributed by atoms with E-state index in [0.717, 1.165) is 24.8 Å². The molecule has 0 radical (unpaired) electrons. The first kappa shape index (κ1) is 10.5. The molecule has 0 saturated carbocycles. The quantitative estimate of drug-likeness (QED) is 0.722. The third-order valence-corrected chi connectivity index (χ3v) is 3.18. The monoisotopic (exact) mass is 222 g/mol. The van der Waals surface area contributed by atoms with Crippen LogP contribution in [0.1, 0.15) is 49.0 Å². The van der Waals surface area contributed by atoms with E-state index in [1.807, 2.05) is 0 Å². The number of carbonyl (C=O) groups is 1. The first-order chi connectivity index (χ1) is 7.38. The number of Topliss-reactive ketones (excluding diaryl/α,β-unsaturated/α-hetero) is 1. The normalized spacial score (nSPS) is 21.2. The summed E-state index contributed by atoms with van der Waals surface area (Å²) in [4.78, 5) is 12.0. The Morgan fingerprint density at radius 2 is 2.13 bits per heavy atom. The number of allylic oxidation sites excluding steroid dienone is 2. The van der Waals surface area contributed by atoms with E-state index in [-0.39, 0.29) is 5.78 Å². The van der Waals surface area contributed by atoms with Crippen LogP contribution in [0.4, 0.5) is 0 Å². The van der Waals surface area contributed by atoms with Crippen molar-refractivity contribution in [2.75, 3.05) is 0 Å². The number of rotatable bonds is 2. The Morgan fingerprint density at radius 3 is 2.93 bits per heavy atom. The predicted molar refractivity (Wildman–Crippen MR) is 60.0 cm³/mol. The maximum atomic E-state index is 12.0. The van der Waals surface area contributed by atoms with Crippen LogP contribution in [0.5, 0.6) is 0 Å². The SMILES string of the molecule is O=C(/C1=C/CCCCCC1)c1csnn1. The average molecular weight is 222 g/mol. The van der Waals surface area contributed by atoms with Crippen LogP contribution in [0.15, 0.2) is 17.0 Å². The van der Waals surface area contributed by atoms with E-state index in [1.54, 1.807) is 5.38 Å². The molecule has 1 aliphatic rings. The molecule has 0 fully saturated rings. The molecule has 0 bridgehead atoms. The van der Waals surface area contributed by atoms with Crippen molar-refractivity contribution in [1.82, 2.24) is 9.59 Å². The van der Waals surface area contributed by atoms with Gasteiger partial charge >= 0.3 is 0 Å². The minimum atomic E-state index is 0.0747. The molecule has 15 heavy (non-hydrogen) atoms. The van der Waals surface area contributed by atoms with Crippen LogP contribution < -0.4 is 0 Å². The first-order valence-electron chi connectivity index (χ1n) is 5.39. The summed E-state index contributed by atoms with van der Waals surface area (Å²) in [6.45, 7) is 0. The van der Waals surface area contributed by atoms with Gasteiger partial charge in [0.05, 0.1) is 0 Å². The highest BCUT2D eigenvalue weighted by molar-refractivity contribution is 7.03. The molecule has 1 aromatic rings. The van der Waals surface area contributed by atoms with Gasteiger partial charge in [-0.2, -0.15) is 0 Å². The van der Waals surface area contributed by atoms with Gasteiger partial charge in [0.15, 0.2) is 0 Å². The summed E-state index contributed by atoms with van der Waals surface area (Å²) in [7, 11) is 0. The maximum Gasteiger partial charge on any atom is 0.209 e. The van der Waals surface area contributed by atoms with Gasteiger partial charge in [-0.3, -0.25) is 4.79 Å². The van der Waals surface area contributed by atoms with Crippen LogP contribution in [0, 0.1) is 0 Å². The van der Waals surface area contributed by atoms with Crippen LogP contribution in [-0.4, -0.2) is 15.4 Å². The predicted octanol–water partition coefficient (Wildman–Crippen LogP) is 3.00. The first-order valence-corrected chi connectivity index (χ1v) is 6.22. The van der Waals surface area contributed by atoms with Gasteiger partial charge in [0, 0.05) is 5.38 Å². The van der Waals surface area contributed by atoms with Gasteiger partial charge in [-0.15, -0.1) is 5.10 Å². The van der Waals surface area contributed by atoms with Crippen molar-refractivity contribution in [1.29, 1.82) is 0 Å². The van der Waals surface area contributed by atoms with Crippen LogP contribution in [0.3, 0.4) is 0 Å². The standard InChI is InChI=1S/C11H14N2OS/c14-11(10-8-15-13-12-10)9-6-4-2-1-3-5-7-9/h6,8H,1-5,7H2/b9-6+. The molecule has 0 atom stereocenters. The topological polar surface area (TPSA) is 42.9 Å². The Kier molecular flexibility index (Phi) is 3.61. The van der Waals surface area contributed by atoms with E-state index in [4.69, 9.17) is 0 Å². The maximum absolute atomic E-state index is 12.0. The number of nitrogens with zero attached hydrogens (tertiary/aromatic N) is 2. The number of carbonyl (C=O) groups excluding carboxylic acids is 1. The van der Waals surface area contributed by atoms with Crippen LogP contribution in [0.2, 0.25) is 0 Å². The summed E-state index contributed by atoms with van der Waals surface area (Å²) in [5.41, 5.74) is 1.44. The van der Waals surface area contributed by atoms with Gasteiger partial charge in [0.2, 0.25) is 5.78 Å². The van der Waals surface area contributed by atoms with E-state index in [9.17, 15) is 4.79 Å². The highest BCUT2D eigenvalue weighted by Crippen LogP contribution is 2.20. The van der Waals surface area contributed by atoms with E-state index in [0.29, 0.717) is 5.69 Å². The lowest BCUT2D eigenvalue weighted by molar-refractivity contribution is 0.102. The van der Waals surface area contributed by atoms with E-state index in [1.165, 1.54) is 30.8 Å². The molecule has 1 heterocycles. The van der Waals surface area contributed by atoms with Crippen molar-refractivity contribution in [3.05, 3.63) is 22.7 Å². The van der Waals surface area contributed by atoms with Gasteiger partial charge < -0.3 is 0 Å². The van der Waals surface area contributed by atoms with Gasteiger partial charge in [-0.05, 0) is 42.8 Å². The fourth-order valence-electron chi connectivity index (χ4n) is 1.83. The number of hydrogen-bond acceptors (Lipinski definition) is 4. The highest BCUT2D eigenvalue weighted by Gasteiger charge is 2.15. The summed E-state index contributed by atoms with van der Waals surface area (Å²) in [6, 6.07) is 0. The summed E-state index contributed by atoms with van der Waals surface area (Å²) in [5, 5.41) is 5.55. The Labute approximate surface area is 93.4 Å². The smallest absolute Gasteiger partial charge is 0.209 e. The third kappa shape index (κ3) is 2.72. The molecular weight excluding hydrogens is 208 g/mol. The van der Waals surface area contributed by atoms with Crippen molar-refractivity contribution < 1.29 is 4.79 Å². The van der Waals surface area contributed by atoms with Crippen molar-refractivity contribution in [3.8, 4) is 0 Å². The number of ketones is 1. The molecule has 4 heteroatoms. The highest BCUT2D eigenvalue weighted by atomic mass is 32.1. The van der Waals surface area contributed by atoms with Crippen LogP contribution >= 0.6 is 11.5 Å². The molecule has 0 saturated heterocycles. The lowest BCUT2D eigenvalue weighted by atomic mass is 9.96. The lowest BCUT2D eigenvalue weighted by Crippen LogP contribution is -2.05. The summed E-state index contributed by atoms with van der Waals surface area (Å²) >= 11 is 1.23. The molecule has 0 aromatic carbocycles. The molecule has 0 spiro atoms. The summed E-state index contributed by atoms with van der Waals surface area (Å²) in [6.07, 6.45) is 8.85. The van der Waals surface area contributed by atoms with Crippen LogP contribution in [0.25, 0.3) is 0 Å². The molecule has 1 aliphatic carbocycles. The largest absolute Gasteiger partial charge is 0.287 e. The van der Waals surface area contributed by atoms with Crippen molar-refractivity contribution >= 4 is 17.3 Å². The minimum Gasteiger partial charge on any atom is -0.287 e. The molecule has 0 unspecified atom stereocenters. The zero-order valence-corrected chi connectivity index (χ0v) is 9.42. The second-order valence-electron chi connectivity index (χ2n) is 3.80.